The van der Waals surface area contributed by atoms with Crippen LogP contribution in [0.2, 0.25) is 0 Å². The molecule has 0 aromatic heterocycles. The molecule has 0 aromatic rings. The lowest BCUT2D eigenvalue weighted by atomic mass is 10.1. The van der Waals surface area contributed by atoms with Gasteiger partial charge in [-0.1, -0.05) is 260 Å². The van der Waals surface area contributed by atoms with E-state index >= 15 is 0 Å². The summed E-state index contributed by atoms with van der Waals surface area (Å²) in [6.45, 7) is 6.16. The SMILES string of the molecule is CC/C=C\C/C=C\C/C=C\C/C=C\C/C=C\C/C=C\C/C=C\C/C=C\CCCCCCC(=O)OCC(COC(=O)C/C=C\C/C=C\C/C=C\C/C=C\C/C=C\CC)OC(=O)CCCCCCCCC/C=C\C/C=C\C/C=C\CC. The molecule has 6 nitrogen and oxygen atoms in total. The molecule has 6 heteroatoms. The minimum absolute atomic E-state index is 0.109. The molecule has 1 atom stereocenters. The predicted octanol–water partition coefficient (Wildman–Crippen LogP) is 21.4. The van der Waals surface area contributed by atoms with Gasteiger partial charge in [-0.15, -0.1) is 0 Å². The smallest absolute Gasteiger partial charge is 0.309 e. The zero-order valence-electron chi connectivity index (χ0n) is 50.0. The van der Waals surface area contributed by atoms with Crippen molar-refractivity contribution in [3.8, 4) is 0 Å². The molecule has 0 aliphatic heterocycles. The molecule has 0 saturated carbocycles. The fraction of sp³-hybridized carbons (Fsp3) is 0.521. The number of rotatable bonds is 53. The van der Waals surface area contributed by atoms with E-state index in [0.29, 0.717) is 6.42 Å². The molecule has 79 heavy (non-hydrogen) atoms. The third kappa shape index (κ3) is 63.0. The summed E-state index contributed by atoms with van der Waals surface area (Å²) < 4.78 is 16.8. The molecule has 0 amide bonds. The molecular weight excluding hydrogens is 973 g/mol. The maximum absolute atomic E-state index is 12.9. The van der Waals surface area contributed by atoms with E-state index in [4.69, 9.17) is 14.2 Å². The molecule has 0 radical (unpaired) electrons. The summed E-state index contributed by atoms with van der Waals surface area (Å²) in [5.41, 5.74) is 0. The summed E-state index contributed by atoms with van der Waals surface area (Å²) in [6.07, 6.45) is 98.8. The Kier molecular flexibility index (Phi) is 60.1. The molecule has 0 bridgehead atoms. The number of carbonyl (C=O) groups excluding carboxylic acids is 3. The van der Waals surface area contributed by atoms with E-state index in [1.54, 1.807) is 6.08 Å². The van der Waals surface area contributed by atoms with E-state index in [0.717, 1.165) is 167 Å². The van der Waals surface area contributed by atoms with Gasteiger partial charge in [0.15, 0.2) is 6.10 Å². The van der Waals surface area contributed by atoms with Crippen LogP contribution in [0.15, 0.2) is 194 Å². The van der Waals surface area contributed by atoms with Gasteiger partial charge in [0.05, 0.1) is 6.42 Å². The van der Waals surface area contributed by atoms with Gasteiger partial charge in [0, 0.05) is 12.8 Å². The average molecular weight is 1080 g/mol. The van der Waals surface area contributed by atoms with E-state index in [9.17, 15) is 14.4 Å². The third-order valence-corrected chi connectivity index (χ3v) is 12.1. The summed E-state index contributed by atoms with van der Waals surface area (Å²) in [5.74, 6) is -1.11. The first-order valence-electron chi connectivity index (χ1n) is 30.9. The molecule has 0 N–H and O–H groups in total. The van der Waals surface area contributed by atoms with Crippen molar-refractivity contribution in [1.82, 2.24) is 0 Å². The largest absolute Gasteiger partial charge is 0.462 e. The predicted molar refractivity (Wildman–Crippen MR) is 343 cm³/mol. The second kappa shape index (κ2) is 64.8. The van der Waals surface area contributed by atoms with E-state index in [2.05, 4.69) is 203 Å². The van der Waals surface area contributed by atoms with Gasteiger partial charge in [0.2, 0.25) is 0 Å². The van der Waals surface area contributed by atoms with Crippen molar-refractivity contribution < 1.29 is 28.6 Å². The number of carbonyl (C=O) groups is 3. The Labute approximate surface area is 484 Å². The van der Waals surface area contributed by atoms with Gasteiger partial charge in [0.1, 0.15) is 13.2 Å². The van der Waals surface area contributed by atoms with Crippen LogP contribution in [0.5, 0.6) is 0 Å². The third-order valence-electron chi connectivity index (χ3n) is 12.1. The second-order valence-electron chi connectivity index (χ2n) is 19.5. The van der Waals surface area contributed by atoms with Crippen molar-refractivity contribution >= 4 is 17.9 Å². The van der Waals surface area contributed by atoms with Crippen molar-refractivity contribution in [1.29, 1.82) is 0 Å². The van der Waals surface area contributed by atoms with Crippen LogP contribution < -0.4 is 0 Å². The Balaban J connectivity index is 4.52. The second-order valence-corrected chi connectivity index (χ2v) is 19.5. The molecule has 0 rings (SSSR count). The van der Waals surface area contributed by atoms with Crippen LogP contribution in [0.3, 0.4) is 0 Å². The van der Waals surface area contributed by atoms with Crippen molar-refractivity contribution in [2.75, 3.05) is 13.2 Å². The van der Waals surface area contributed by atoms with Crippen LogP contribution in [-0.4, -0.2) is 37.2 Å². The number of esters is 3. The Morgan fingerprint density at radius 1 is 0.266 bits per heavy atom. The highest BCUT2D eigenvalue weighted by atomic mass is 16.6. The Morgan fingerprint density at radius 2 is 0.506 bits per heavy atom. The molecule has 0 saturated heterocycles. The van der Waals surface area contributed by atoms with Gasteiger partial charge >= 0.3 is 17.9 Å². The van der Waals surface area contributed by atoms with Crippen molar-refractivity contribution in [3.05, 3.63) is 194 Å². The number of ether oxygens (including phenoxy) is 3. The average Bonchev–Trinajstić information content (AvgIpc) is 3.45. The van der Waals surface area contributed by atoms with Crippen LogP contribution in [0.4, 0.5) is 0 Å². The molecule has 0 aromatic carbocycles. The fourth-order valence-electron chi connectivity index (χ4n) is 7.60. The normalized spacial score (nSPS) is 13.5. The van der Waals surface area contributed by atoms with Crippen molar-refractivity contribution in [2.45, 2.75) is 232 Å². The maximum Gasteiger partial charge on any atom is 0.309 e. The minimum atomic E-state index is -0.847. The number of hydrogen-bond acceptors (Lipinski definition) is 6. The van der Waals surface area contributed by atoms with E-state index in [-0.39, 0.29) is 38.0 Å². The summed E-state index contributed by atoms with van der Waals surface area (Å²) in [5, 5.41) is 0. The lowest BCUT2D eigenvalue weighted by molar-refractivity contribution is -0.166. The monoisotopic (exact) mass is 1080 g/mol. The Hall–Kier alpha value is -5.75. The number of allylic oxidation sites excluding steroid dienone is 31. The van der Waals surface area contributed by atoms with Crippen LogP contribution in [0, 0.1) is 0 Å². The molecule has 0 heterocycles. The van der Waals surface area contributed by atoms with E-state index in [1.807, 2.05) is 6.08 Å². The molecule has 438 valence electrons. The molecule has 0 fully saturated rings. The summed E-state index contributed by atoms with van der Waals surface area (Å²) >= 11 is 0. The molecular formula is C73H110O6. The lowest BCUT2D eigenvalue weighted by Crippen LogP contribution is -2.30. The van der Waals surface area contributed by atoms with Crippen molar-refractivity contribution in [2.24, 2.45) is 0 Å². The molecule has 0 spiro atoms. The first-order chi connectivity index (χ1) is 39.0. The van der Waals surface area contributed by atoms with E-state index in [1.165, 1.54) is 19.3 Å². The van der Waals surface area contributed by atoms with Gasteiger partial charge in [-0.25, -0.2) is 0 Å². The molecule has 1 unspecified atom stereocenters. The fourth-order valence-corrected chi connectivity index (χ4v) is 7.60. The maximum atomic E-state index is 12.9. The first kappa shape index (κ1) is 73.2. The highest BCUT2D eigenvalue weighted by Gasteiger charge is 2.19. The highest BCUT2D eigenvalue weighted by molar-refractivity contribution is 5.72. The van der Waals surface area contributed by atoms with Gasteiger partial charge in [-0.05, 0) is 141 Å². The Bertz CT molecular complexity index is 1920. The van der Waals surface area contributed by atoms with Crippen LogP contribution in [-0.2, 0) is 28.6 Å². The molecule has 0 aliphatic carbocycles. The van der Waals surface area contributed by atoms with Crippen molar-refractivity contribution in [3.63, 3.8) is 0 Å². The topological polar surface area (TPSA) is 78.9 Å². The van der Waals surface area contributed by atoms with Crippen LogP contribution >= 0.6 is 0 Å². The summed E-state index contributed by atoms with van der Waals surface area (Å²) in [7, 11) is 0. The van der Waals surface area contributed by atoms with Gasteiger partial charge in [0.25, 0.3) is 0 Å². The lowest BCUT2D eigenvalue weighted by Gasteiger charge is -2.18. The zero-order chi connectivity index (χ0) is 57.1. The number of unbranched alkanes of at least 4 members (excludes halogenated alkanes) is 11. The summed E-state index contributed by atoms with van der Waals surface area (Å²) in [6, 6.07) is 0. The standard InChI is InChI=1S/C73H110O6/c1-4-7-10-13-16-19-22-25-28-30-31-32-33-34-35-36-37-38-39-40-41-43-45-48-51-54-57-60-63-66-72(75)78-69-70(68-77-71(74)65-62-59-56-53-50-47-44-27-24-21-18-15-12-9-6-3)79-73(76)67-64-61-58-55-52-49-46-42-29-26-23-20-17-14-11-8-5-2/h7-12,16-21,25-29,31-32,34-35,37-38,40-41,44-45,48,50,53,59,62,70H,4-6,13-15,22-24,30,33,36,39,42-43,46-47,49,51-52,54-58,60-61,63-69H2,1-3H3/b10-7-,11-8-,12-9-,19-16-,20-17-,21-18-,28-25-,29-26-,32-31-,35-34-,38-37-,41-40-,44-27-,48-45-,53-50-,62-59-. The molecule has 0 aliphatic rings. The van der Waals surface area contributed by atoms with Gasteiger partial charge in [-0.2, -0.15) is 0 Å². The minimum Gasteiger partial charge on any atom is -0.462 e. The first-order valence-corrected chi connectivity index (χ1v) is 30.9. The van der Waals surface area contributed by atoms with E-state index < -0.39 is 12.1 Å². The van der Waals surface area contributed by atoms with Crippen LogP contribution in [0.1, 0.15) is 226 Å². The zero-order valence-corrected chi connectivity index (χ0v) is 50.0. The summed E-state index contributed by atoms with van der Waals surface area (Å²) in [4.78, 5) is 38.2. The Morgan fingerprint density at radius 3 is 0.823 bits per heavy atom. The van der Waals surface area contributed by atoms with Crippen LogP contribution in [0.25, 0.3) is 0 Å². The number of hydrogen-bond donors (Lipinski definition) is 0. The highest BCUT2D eigenvalue weighted by Crippen LogP contribution is 2.13. The van der Waals surface area contributed by atoms with Gasteiger partial charge < -0.3 is 14.2 Å². The quantitative estimate of drug-likeness (QED) is 0.0261. The van der Waals surface area contributed by atoms with Gasteiger partial charge in [-0.3, -0.25) is 14.4 Å².